The molecule has 0 N–H and O–H groups in total. The van der Waals surface area contributed by atoms with E-state index in [1.165, 1.54) is 43.4 Å². The summed E-state index contributed by atoms with van der Waals surface area (Å²) in [5, 5.41) is 8.29. The fraction of sp³-hybridized carbons (Fsp3) is 0.100. The first kappa shape index (κ1) is 13.1. The third kappa shape index (κ3) is 1.87. The highest BCUT2D eigenvalue weighted by atomic mass is 127. The summed E-state index contributed by atoms with van der Waals surface area (Å²) in [4.78, 5) is 0. The van der Waals surface area contributed by atoms with Gasteiger partial charge in [-0.05, 0) is 50.4 Å². The number of aryl methyl sites for hydroxylation is 1. The number of hydrogen-bond donors (Lipinski definition) is 0. The topological polar surface area (TPSA) is 0 Å². The van der Waals surface area contributed by atoms with Crippen LogP contribution in [0.15, 0.2) is 60.7 Å². The van der Waals surface area contributed by atoms with Crippen LogP contribution in [-0.2, 0) is 4.43 Å². The van der Waals surface area contributed by atoms with Crippen LogP contribution >= 0.6 is 22.6 Å². The zero-order valence-corrected chi connectivity index (χ0v) is 14.0. The Morgan fingerprint density at radius 2 is 1.38 bits per heavy atom. The lowest BCUT2D eigenvalue weighted by atomic mass is 9.90. The fourth-order valence-electron chi connectivity index (χ4n) is 3.40. The Bertz CT molecular complexity index is 983. The molecule has 1 heteroatoms. The second-order valence-corrected chi connectivity index (χ2v) is 6.25. The van der Waals surface area contributed by atoms with E-state index in [-0.39, 0.29) is 0 Å². The number of fused-ring (bicyclic) bond motifs is 4. The average molecular weight is 382 g/mol. The van der Waals surface area contributed by atoms with Crippen molar-refractivity contribution < 1.29 is 0 Å². The van der Waals surface area contributed by atoms with Crippen LogP contribution in [0, 0.1) is 6.92 Å². The number of hydrogen-bond acceptors (Lipinski definition) is 0. The van der Waals surface area contributed by atoms with E-state index in [1.54, 1.807) is 0 Å². The van der Waals surface area contributed by atoms with Crippen LogP contribution < -0.4 is 0 Å². The van der Waals surface area contributed by atoms with E-state index in [2.05, 4.69) is 90.2 Å². The van der Waals surface area contributed by atoms with E-state index in [1.807, 2.05) is 0 Å². The van der Waals surface area contributed by atoms with E-state index in [9.17, 15) is 0 Å². The highest BCUT2D eigenvalue weighted by Gasteiger charge is 2.12. The zero-order valence-electron chi connectivity index (χ0n) is 11.9. The van der Waals surface area contributed by atoms with Crippen LogP contribution in [0.25, 0.3) is 32.3 Å². The monoisotopic (exact) mass is 382 g/mol. The Kier molecular flexibility index (Phi) is 3.11. The molecule has 0 aromatic heterocycles. The van der Waals surface area contributed by atoms with Gasteiger partial charge in [-0.15, -0.1) is 0 Å². The van der Waals surface area contributed by atoms with Crippen molar-refractivity contribution in [3.05, 3.63) is 71.8 Å². The molecule has 0 unspecified atom stereocenters. The molecule has 0 spiro atoms. The van der Waals surface area contributed by atoms with Crippen LogP contribution in [0.5, 0.6) is 0 Å². The Morgan fingerprint density at radius 3 is 2.14 bits per heavy atom. The van der Waals surface area contributed by atoms with Crippen LogP contribution in [0.2, 0.25) is 0 Å². The normalized spacial score (nSPS) is 11.5. The number of rotatable bonds is 1. The van der Waals surface area contributed by atoms with Crippen molar-refractivity contribution in [3.63, 3.8) is 0 Å². The molecular weight excluding hydrogens is 367 g/mol. The van der Waals surface area contributed by atoms with Gasteiger partial charge >= 0.3 is 0 Å². The second kappa shape index (κ2) is 4.99. The first-order chi connectivity index (χ1) is 10.3. The Labute approximate surface area is 137 Å². The third-order valence-electron chi connectivity index (χ3n) is 4.42. The third-order valence-corrected chi connectivity index (χ3v) is 5.19. The van der Waals surface area contributed by atoms with Gasteiger partial charge in [-0.3, -0.25) is 0 Å². The van der Waals surface area contributed by atoms with E-state index in [4.69, 9.17) is 0 Å². The van der Waals surface area contributed by atoms with Crippen LogP contribution in [0.4, 0.5) is 0 Å². The SMILES string of the molecule is Cc1c2ccccc2c(CI)c2c1ccc1ccccc12. The van der Waals surface area contributed by atoms with Crippen LogP contribution in [0.3, 0.4) is 0 Å². The van der Waals surface area contributed by atoms with Crippen molar-refractivity contribution in [2.24, 2.45) is 0 Å². The lowest BCUT2D eigenvalue weighted by Gasteiger charge is -2.15. The summed E-state index contributed by atoms with van der Waals surface area (Å²) >= 11 is 2.49. The van der Waals surface area contributed by atoms with Gasteiger partial charge in [0, 0.05) is 4.43 Å². The quantitative estimate of drug-likeness (QED) is 0.155. The van der Waals surface area contributed by atoms with Crippen LogP contribution in [0.1, 0.15) is 11.1 Å². The van der Waals surface area contributed by atoms with E-state index in [0.29, 0.717) is 0 Å². The van der Waals surface area contributed by atoms with Gasteiger partial charge in [-0.1, -0.05) is 83.3 Å². The predicted octanol–water partition coefficient (Wildman–Crippen LogP) is 6.39. The highest BCUT2D eigenvalue weighted by molar-refractivity contribution is 14.1. The van der Waals surface area contributed by atoms with Crippen molar-refractivity contribution in [2.75, 3.05) is 0 Å². The molecule has 0 bridgehead atoms. The highest BCUT2D eigenvalue weighted by Crippen LogP contribution is 2.37. The Morgan fingerprint density at radius 1 is 0.714 bits per heavy atom. The van der Waals surface area contributed by atoms with Gasteiger partial charge in [0.05, 0.1) is 0 Å². The molecule has 0 fully saturated rings. The lowest BCUT2D eigenvalue weighted by molar-refractivity contribution is 1.52. The van der Waals surface area contributed by atoms with Gasteiger partial charge in [0.25, 0.3) is 0 Å². The van der Waals surface area contributed by atoms with Crippen molar-refractivity contribution in [1.82, 2.24) is 0 Å². The Balaban J connectivity index is 2.38. The molecule has 0 amide bonds. The molecule has 0 nitrogen and oxygen atoms in total. The molecule has 4 rings (SSSR count). The molecule has 0 aliphatic heterocycles. The van der Waals surface area contributed by atoms with Crippen molar-refractivity contribution in [1.29, 1.82) is 0 Å². The van der Waals surface area contributed by atoms with Gasteiger partial charge in [0.1, 0.15) is 0 Å². The van der Waals surface area contributed by atoms with Crippen molar-refractivity contribution >= 4 is 54.9 Å². The van der Waals surface area contributed by atoms with E-state index < -0.39 is 0 Å². The molecule has 0 atom stereocenters. The minimum atomic E-state index is 1.03. The largest absolute Gasteiger partial charge is 0.0811 e. The van der Waals surface area contributed by atoms with Gasteiger partial charge in [0.15, 0.2) is 0 Å². The lowest BCUT2D eigenvalue weighted by Crippen LogP contribution is -1.91. The summed E-state index contributed by atoms with van der Waals surface area (Å²) in [5.74, 6) is 0. The fourth-order valence-corrected chi connectivity index (χ4v) is 4.19. The van der Waals surface area contributed by atoms with Crippen molar-refractivity contribution in [2.45, 2.75) is 11.4 Å². The predicted molar refractivity (Wildman–Crippen MR) is 101 cm³/mol. The van der Waals surface area contributed by atoms with Gasteiger partial charge in [-0.2, -0.15) is 0 Å². The van der Waals surface area contributed by atoms with Gasteiger partial charge in [-0.25, -0.2) is 0 Å². The summed E-state index contributed by atoms with van der Waals surface area (Å²) < 4.78 is 1.03. The molecule has 0 saturated heterocycles. The second-order valence-electron chi connectivity index (χ2n) is 5.49. The zero-order chi connectivity index (χ0) is 14.4. The maximum Gasteiger partial charge on any atom is 0.0259 e. The van der Waals surface area contributed by atoms with Gasteiger partial charge in [0.2, 0.25) is 0 Å². The number of halogens is 1. The minimum Gasteiger partial charge on any atom is -0.0811 e. The maximum atomic E-state index is 2.49. The molecule has 102 valence electrons. The standard InChI is InChI=1S/C20H15I/c1-13-15-7-4-5-9-18(15)19(12-21)20-16(13)11-10-14-6-2-3-8-17(14)20/h2-11H,12H2,1H3. The summed E-state index contributed by atoms with van der Waals surface area (Å²) in [7, 11) is 0. The molecule has 0 aliphatic carbocycles. The summed E-state index contributed by atoms with van der Waals surface area (Å²) in [6, 6.07) is 22.0. The molecule has 0 radical (unpaired) electrons. The molecule has 4 aromatic rings. The van der Waals surface area contributed by atoms with E-state index in [0.717, 1.165) is 4.43 Å². The Hall–Kier alpha value is -1.61. The van der Waals surface area contributed by atoms with E-state index >= 15 is 0 Å². The molecular formula is C20H15I. The van der Waals surface area contributed by atoms with Crippen molar-refractivity contribution in [3.8, 4) is 0 Å². The average Bonchev–Trinajstić information content (AvgIpc) is 2.55. The molecule has 0 saturated carbocycles. The van der Waals surface area contributed by atoms with Gasteiger partial charge < -0.3 is 0 Å². The molecule has 4 aromatic carbocycles. The summed E-state index contributed by atoms with van der Waals surface area (Å²) in [5.41, 5.74) is 2.85. The molecule has 0 heterocycles. The minimum absolute atomic E-state index is 1.03. The summed E-state index contributed by atoms with van der Waals surface area (Å²) in [6.45, 7) is 2.25. The molecule has 21 heavy (non-hydrogen) atoms. The smallest absolute Gasteiger partial charge is 0.0259 e. The number of alkyl halides is 1. The summed E-state index contributed by atoms with van der Waals surface area (Å²) in [6.07, 6.45) is 0. The first-order valence-corrected chi connectivity index (χ1v) is 8.71. The first-order valence-electron chi connectivity index (χ1n) is 7.19. The maximum absolute atomic E-state index is 2.49. The molecule has 0 aliphatic rings. The van der Waals surface area contributed by atoms with Crippen LogP contribution in [-0.4, -0.2) is 0 Å². The number of benzene rings is 4.